The van der Waals surface area contributed by atoms with Crippen molar-refractivity contribution in [3.63, 3.8) is 0 Å². The van der Waals surface area contributed by atoms with Gasteiger partial charge in [-0.25, -0.2) is 24.0 Å². The Balaban J connectivity index is 2.42. The minimum Gasteiger partial charge on any atom is -0.307 e. The molecule has 114 valence electrons. The summed E-state index contributed by atoms with van der Waals surface area (Å²) in [5.74, 6) is 6.58. The van der Waals surface area contributed by atoms with E-state index in [1.54, 1.807) is 6.07 Å². The second-order valence-electron chi connectivity index (χ2n) is 4.30. The van der Waals surface area contributed by atoms with Gasteiger partial charge in [-0.3, -0.25) is 0 Å². The molecule has 0 amide bonds. The van der Waals surface area contributed by atoms with E-state index < -0.39 is 10.0 Å². The fourth-order valence-electron chi connectivity index (χ4n) is 1.73. The van der Waals surface area contributed by atoms with Gasteiger partial charge in [0, 0.05) is 12.7 Å². The third-order valence-electron chi connectivity index (χ3n) is 2.76. The first-order valence-electron chi connectivity index (χ1n) is 6.52. The van der Waals surface area contributed by atoms with E-state index >= 15 is 0 Å². The van der Waals surface area contributed by atoms with Crippen molar-refractivity contribution in [1.29, 1.82) is 0 Å². The largest absolute Gasteiger partial charge is 0.307 e. The highest BCUT2D eigenvalue weighted by Gasteiger charge is 2.17. The summed E-state index contributed by atoms with van der Waals surface area (Å²) in [6.07, 6.45) is 7.74. The van der Waals surface area contributed by atoms with Gasteiger partial charge < -0.3 is 5.43 Å². The first kappa shape index (κ1) is 17.2. The number of nitrogens with two attached hydrogens (primary N) is 1. The Bertz CT molecular complexity index is 494. The molecule has 0 fully saturated rings. The minimum absolute atomic E-state index is 0.0740. The summed E-state index contributed by atoms with van der Waals surface area (Å²) in [4.78, 5) is 3.96. The van der Waals surface area contributed by atoms with Crippen molar-refractivity contribution >= 4 is 27.6 Å². The first-order chi connectivity index (χ1) is 9.61. The third-order valence-corrected chi connectivity index (χ3v) is 4.95. The van der Waals surface area contributed by atoms with E-state index in [1.807, 2.05) is 11.8 Å². The maximum absolute atomic E-state index is 12.1. The van der Waals surface area contributed by atoms with Gasteiger partial charge in [0.15, 0.2) is 5.82 Å². The quantitative estimate of drug-likeness (QED) is 0.344. The number of hydrogen-bond donors (Lipinski definition) is 3. The molecule has 0 aliphatic heterocycles. The van der Waals surface area contributed by atoms with Gasteiger partial charge in [-0.05, 0) is 37.0 Å². The maximum Gasteiger partial charge on any atom is 0.244 e. The van der Waals surface area contributed by atoms with Gasteiger partial charge in [0.05, 0.1) is 0 Å². The molecule has 0 aromatic carbocycles. The average Bonchev–Trinajstić information content (AvgIpc) is 2.46. The zero-order valence-corrected chi connectivity index (χ0v) is 13.3. The Morgan fingerprint density at radius 3 is 2.75 bits per heavy atom. The van der Waals surface area contributed by atoms with Crippen LogP contribution in [0.2, 0.25) is 0 Å². The van der Waals surface area contributed by atoms with E-state index in [0.717, 1.165) is 25.0 Å². The SMILES string of the molecule is CSCCCCCCNS(=O)(=O)c1cccnc1NN. The van der Waals surface area contributed by atoms with Crippen LogP contribution in [0, 0.1) is 0 Å². The molecule has 0 spiro atoms. The molecule has 1 rings (SSSR count). The predicted octanol–water partition coefficient (Wildman–Crippen LogP) is 1.57. The van der Waals surface area contributed by atoms with Crippen molar-refractivity contribution in [3.05, 3.63) is 18.3 Å². The molecule has 1 aromatic heterocycles. The topological polar surface area (TPSA) is 97.1 Å². The lowest BCUT2D eigenvalue weighted by atomic mass is 10.2. The molecule has 6 nitrogen and oxygen atoms in total. The molecule has 0 saturated heterocycles. The molecule has 1 aromatic rings. The number of nitrogens with one attached hydrogen (secondary N) is 2. The van der Waals surface area contributed by atoms with Crippen molar-refractivity contribution < 1.29 is 8.42 Å². The Labute approximate surface area is 124 Å². The van der Waals surface area contributed by atoms with Crippen molar-refractivity contribution in [2.45, 2.75) is 30.6 Å². The molecule has 1 heterocycles. The predicted molar refractivity (Wildman–Crippen MR) is 84.1 cm³/mol. The number of aromatic nitrogens is 1. The molecule has 20 heavy (non-hydrogen) atoms. The highest BCUT2D eigenvalue weighted by molar-refractivity contribution is 7.98. The summed E-state index contributed by atoms with van der Waals surface area (Å²) in [5.41, 5.74) is 2.29. The summed E-state index contributed by atoms with van der Waals surface area (Å²) in [5, 5.41) is 0. The Hall–Kier alpha value is -0.830. The van der Waals surface area contributed by atoms with Crippen LogP contribution in [0.5, 0.6) is 0 Å². The first-order valence-corrected chi connectivity index (χ1v) is 9.39. The number of thioether (sulfide) groups is 1. The molecule has 0 radical (unpaired) electrons. The van der Waals surface area contributed by atoms with Crippen molar-refractivity contribution in [1.82, 2.24) is 9.71 Å². The van der Waals surface area contributed by atoms with Crippen LogP contribution in [0.25, 0.3) is 0 Å². The van der Waals surface area contributed by atoms with E-state index in [0.29, 0.717) is 6.54 Å². The van der Waals surface area contributed by atoms with E-state index in [-0.39, 0.29) is 10.7 Å². The van der Waals surface area contributed by atoms with E-state index in [9.17, 15) is 8.42 Å². The highest BCUT2D eigenvalue weighted by Crippen LogP contribution is 2.16. The fourth-order valence-corrected chi connectivity index (χ4v) is 3.41. The number of unbranched alkanes of at least 4 members (excludes halogenated alkanes) is 3. The second-order valence-corrected chi connectivity index (χ2v) is 7.02. The fraction of sp³-hybridized carbons (Fsp3) is 0.583. The van der Waals surface area contributed by atoms with Gasteiger partial charge in [-0.2, -0.15) is 11.8 Å². The van der Waals surface area contributed by atoms with Gasteiger partial charge in [-0.1, -0.05) is 12.8 Å². The standard InChI is InChI=1S/C12H22N4O2S2/c1-19-10-5-3-2-4-9-15-20(17,18)11-7-6-8-14-12(11)16-13/h6-8,15H,2-5,9-10,13H2,1H3,(H,14,16). The van der Waals surface area contributed by atoms with Gasteiger partial charge in [-0.15, -0.1) is 0 Å². The monoisotopic (exact) mass is 318 g/mol. The lowest BCUT2D eigenvalue weighted by Gasteiger charge is -2.09. The van der Waals surface area contributed by atoms with Gasteiger partial charge in [0.25, 0.3) is 0 Å². The lowest BCUT2D eigenvalue weighted by molar-refractivity contribution is 0.574. The van der Waals surface area contributed by atoms with E-state index in [2.05, 4.69) is 21.4 Å². The number of sulfonamides is 1. The smallest absolute Gasteiger partial charge is 0.244 e. The number of pyridine rings is 1. The molecule has 0 atom stereocenters. The number of anilines is 1. The van der Waals surface area contributed by atoms with Crippen LogP contribution in [0.15, 0.2) is 23.2 Å². The molecule has 0 aliphatic carbocycles. The number of nitrogens with zero attached hydrogens (tertiary/aromatic N) is 1. The van der Waals surface area contributed by atoms with Crippen molar-refractivity contribution in [2.24, 2.45) is 5.84 Å². The number of nitrogen functional groups attached to an aromatic ring is 1. The summed E-state index contributed by atoms with van der Waals surface area (Å²) in [6, 6.07) is 3.04. The van der Waals surface area contributed by atoms with Crippen LogP contribution in [0.4, 0.5) is 5.82 Å². The Morgan fingerprint density at radius 1 is 1.30 bits per heavy atom. The van der Waals surface area contributed by atoms with Crippen molar-refractivity contribution in [2.75, 3.05) is 24.0 Å². The minimum atomic E-state index is -3.56. The van der Waals surface area contributed by atoms with Crippen LogP contribution < -0.4 is 16.0 Å². The molecular formula is C12H22N4O2S2. The summed E-state index contributed by atoms with van der Waals surface area (Å²) in [6.45, 7) is 0.431. The summed E-state index contributed by atoms with van der Waals surface area (Å²) >= 11 is 1.83. The molecule has 8 heteroatoms. The molecule has 4 N–H and O–H groups in total. The molecule has 0 saturated carbocycles. The number of hydrogen-bond acceptors (Lipinski definition) is 6. The van der Waals surface area contributed by atoms with Crippen LogP contribution in [-0.2, 0) is 10.0 Å². The van der Waals surface area contributed by atoms with Gasteiger partial charge in [0.2, 0.25) is 10.0 Å². The normalized spacial score (nSPS) is 11.5. The van der Waals surface area contributed by atoms with Crippen LogP contribution in [0.1, 0.15) is 25.7 Å². The summed E-state index contributed by atoms with van der Waals surface area (Å²) in [7, 11) is -3.56. The average molecular weight is 318 g/mol. The maximum atomic E-state index is 12.1. The van der Waals surface area contributed by atoms with Crippen LogP contribution >= 0.6 is 11.8 Å². The molecule has 0 bridgehead atoms. The number of rotatable bonds is 10. The zero-order valence-electron chi connectivity index (χ0n) is 11.6. The Morgan fingerprint density at radius 2 is 2.05 bits per heavy atom. The summed E-state index contributed by atoms with van der Waals surface area (Å²) < 4.78 is 26.8. The second kappa shape index (κ2) is 9.17. The lowest BCUT2D eigenvalue weighted by Crippen LogP contribution is -2.26. The van der Waals surface area contributed by atoms with Crippen molar-refractivity contribution in [3.8, 4) is 0 Å². The molecule has 0 unspecified atom stereocenters. The third kappa shape index (κ3) is 5.66. The van der Waals surface area contributed by atoms with Crippen LogP contribution in [-0.4, -0.2) is 32.0 Å². The van der Waals surface area contributed by atoms with E-state index in [4.69, 9.17) is 5.84 Å². The van der Waals surface area contributed by atoms with Gasteiger partial charge in [0.1, 0.15) is 4.90 Å². The Kier molecular flexibility index (Phi) is 7.90. The van der Waals surface area contributed by atoms with Crippen LogP contribution in [0.3, 0.4) is 0 Å². The number of hydrazine groups is 1. The zero-order chi connectivity index (χ0) is 14.8. The molecular weight excluding hydrogens is 296 g/mol. The molecule has 0 aliphatic rings. The van der Waals surface area contributed by atoms with Gasteiger partial charge >= 0.3 is 0 Å². The highest BCUT2D eigenvalue weighted by atomic mass is 32.2. The van der Waals surface area contributed by atoms with E-state index in [1.165, 1.54) is 18.7 Å².